The van der Waals surface area contributed by atoms with Gasteiger partial charge in [0.2, 0.25) is 0 Å². The van der Waals surface area contributed by atoms with Gasteiger partial charge in [-0.2, -0.15) is 11.8 Å². The third kappa shape index (κ3) is 8.47. The molecule has 0 saturated heterocycles. The molecule has 0 aliphatic heterocycles. The zero-order valence-corrected chi connectivity index (χ0v) is 17.4. The van der Waals surface area contributed by atoms with Gasteiger partial charge in [0, 0.05) is 35.5 Å². The molecule has 1 aromatic carbocycles. The van der Waals surface area contributed by atoms with Crippen molar-refractivity contribution in [2.24, 2.45) is 4.99 Å². The maximum absolute atomic E-state index is 13.5. The van der Waals surface area contributed by atoms with Crippen molar-refractivity contribution >= 4 is 53.5 Å². The standard InChI is InChI=1S/C15H24FN3S2.HI/c1-15(2,20-4)11-19-14(17-3)18-9-10-21-13-8-6-5-7-12(13)16;/h5-8H,9-11H2,1-4H3,(H2,17,18,19);1H. The van der Waals surface area contributed by atoms with E-state index in [4.69, 9.17) is 0 Å². The van der Waals surface area contributed by atoms with Gasteiger partial charge in [0.05, 0.1) is 0 Å². The van der Waals surface area contributed by atoms with Crippen LogP contribution in [0.25, 0.3) is 0 Å². The molecule has 0 fully saturated rings. The Bertz CT molecular complexity index is 470. The smallest absolute Gasteiger partial charge is 0.191 e. The molecule has 7 heteroatoms. The van der Waals surface area contributed by atoms with Gasteiger partial charge in [-0.05, 0) is 32.2 Å². The average molecular weight is 457 g/mol. The first-order chi connectivity index (χ1) is 9.98. The number of halogens is 2. The summed E-state index contributed by atoms with van der Waals surface area (Å²) in [4.78, 5) is 4.88. The number of nitrogens with one attached hydrogen (secondary N) is 2. The molecule has 0 heterocycles. The highest BCUT2D eigenvalue weighted by atomic mass is 127. The minimum Gasteiger partial charge on any atom is -0.356 e. The van der Waals surface area contributed by atoms with E-state index >= 15 is 0 Å². The molecule has 0 atom stereocenters. The fourth-order valence-electron chi connectivity index (χ4n) is 1.48. The Hall–Kier alpha value is -0.150. The molecule has 0 aromatic heterocycles. The van der Waals surface area contributed by atoms with Crippen molar-refractivity contribution in [2.45, 2.75) is 23.5 Å². The van der Waals surface area contributed by atoms with Crippen molar-refractivity contribution in [2.75, 3.05) is 32.1 Å². The van der Waals surface area contributed by atoms with E-state index in [0.717, 1.165) is 24.8 Å². The minimum atomic E-state index is -0.160. The summed E-state index contributed by atoms with van der Waals surface area (Å²) in [5.74, 6) is 1.41. The Labute approximate surface area is 158 Å². The quantitative estimate of drug-likeness (QED) is 0.215. The topological polar surface area (TPSA) is 36.4 Å². The lowest BCUT2D eigenvalue weighted by molar-refractivity contribution is 0.602. The van der Waals surface area contributed by atoms with Crippen LogP contribution < -0.4 is 10.6 Å². The first-order valence-corrected chi connectivity index (χ1v) is 9.06. The van der Waals surface area contributed by atoms with Gasteiger partial charge in [0.25, 0.3) is 0 Å². The summed E-state index contributed by atoms with van der Waals surface area (Å²) in [6, 6.07) is 6.84. The van der Waals surface area contributed by atoms with Crippen molar-refractivity contribution in [3.8, 4) is 0 Å². The van der Waals surface area contributed by atoms with Gasteiger partial charge in [-0.15, -0.1) is 35.7 Å². The summed E-state index contributed by atoms with van der Waals surface area (Å²) in [6.07, 6.45) is 2.10. The third-order valence-corrected chi connectivity index (χ3v) is 5.25. The Balaban J connectivity index is 0.00000441. The lowest BCUT2D eigenvalue weighted by Crippen LogP contribution is -2.43. The Morgan fingerprint density at radius 3 is 2.55 bits per heavy atom. The first-order valence-electron chi connectivity index (χ1n) is 6.85. The number of aliphatic imine (C=N–C) groups is 1. The van der Waals surface area contributed by atoms with Crippen LogP contribution in [0.4, 0.5) is 4.39 Å². The SMILES string of the molecule is CN=C(NCCSc1ccccc1F)NCC(C)(C)SC.I. The Morgan fingerprint density at radius 2 is 1.95 bits per heavy atom. The van der Waals surface area contributed by atoms with Crippen LogP contribution in [0.1, 0.15) is 13.8 Å². The van der Waals surface area contributed by atoms with E-state index in [1.807, 2.05) is 17.8 Å². The second kappa shape index (κ2) is 11.4. The van der Waals surface area contributed by atoms with Gasteiger partial charge < -0.3 is 10.6 Å². The van der Waals surface area contributed by atoms with Gasteiger partial charge >= 0.3 is 0 Å². The molecule has 0 radical (unpaired) electrons. The minimum absolute atomic E-state index is 0. The molecular weight excluding hydrogens is 432 g/mol. The molecule has 0 spiro atoms. The molecule has 0 amide bonds. The zero-order chi connectivity index (χ0) is 15.7. The predicted molar refractivity (Wildman–Crippen MR) is 109 cm³/mol. The van der Waals surface area contributed by atoms with Crippen LogP contribution in [0.5, 0.6) is 0 Å². The normalized spacial score (nSPS) is 11.8. The van der Waals surface area contributed by atoms with Crippen LogP contribution in [-0.4, -0.2) is 42.9 Å². The van der Waals surface area contributed by atoms with Crippen LogP contribution in [0.3, 0.4) is 0 Å². The lowest BCUT2D eigenvalue weighted by Gasteiger charge is -2.23. The van der Waals surface area contributed by atoms with E-state index in [-0.39, 0.29) is 34.5 Å². The highest BCUT2D eigenvalue weighted by molar-refractivity contribution is 14.0. The average Bonchev–Trinajstić information content (AvgIpc) is 2.48. The molecule has 126 valence electrons. The molecule has 0 bridgehead atoms. The van der Waals surface area contributed by atoms with Crippen LogP contribution in [-0.2, 0) is 0 Å². The largest absolute Gasteiger partial charge is 0.356 e. The van der Waals surface area contributed by atoms with E-state index in [2.05, 4.69) is 35.7 Å². The molecular formula is C15H25FIN3S2. The Kier molecular flexibility index (Phi) is 11.3. The van der Waals surface area contributed by atoms with E-state index < -0.39 is 0 Å². The van der Waals surface area contributed by atoms with E-state index in [1.165, 1.54) is 17.8 Å². The van der Waals surface area contributed by atoms with Crippen molar-refractivity contribution in [3.05, 3.63) is 30.1 Å². The molecule has 2 N–H and O–H groups in total. The zero-order valence-electron chi connectivity index (χ0n) is 13.5. The molecule has 0 saturated carbocycles. The summed E-state index contributed by atoms with van der Waals surface area (Å²) in [5.41, 5.74) is 0. The highest BCUT2D eigenvalue weighted by Crippen LogP contribution is 2.20. The van der Waals surface area contributed by atoms with E-state index in [9.17, 15) is 4.39 Å². The van der Waals surface area contributed by atoms with Gasteiger partial charge in [-0.25, -0.2) is 4.39 Å². The van der Waals surface area contributed by atoms with Gasteiger partial charge in [0.15, 0.2) is 5.96 Å². The van der Waals surface area contributed by atoms with Crippen molar-refractivity contribution in [1.29, 1.82) is 0 Å². The second-order valence-corrected chi connectivity index (χ2v) is 7.75. The molecule has 1 rings (SSSR count). The number of benzene rings is 1. The monoisotopic (exact) mass is 457 g/mol. The fraction of sp³-hybridized carbons (Fsp3) is 0.533. The number of rotatable bonds is 7. The number of hydrogen-bond donors (Lipinski definition) is 2. The first kappa shape index (κ1) is 21.9. The molecule has 1 aromatic rings. The van der Waals surface area contributed by atoms with Crippen molar-refractivity contribution in [3.63, 3.8) is 0 Å². The molecule has 0 aliphatic rings. The number of nitrogens with zero attached hydrogens (tertiary/aromatic N) is 1. The number of hydrogen-bond acceptors (Lipinski definition) is 3. The molecule has 0 unspecified atom stereocenters. The summed E-state index contributed by atoms with van der Waals surface area (Å²) in [6.45, 7) is 5.95. The van der Waals surface area contributed by atoms with Crippen LogP contribution in [0.15, 0.2) is 34.2 Å². The van der Waals surface area contributed by atoms with E-state index in [1.54, 1.807) is 19.2 Å². The Morgan fingerprint density at radius 1 is 1.27 bits per heavy atom. The lowest BCUT2D eigenvalue weighted by atomic mass is 10.2. The second-order valence-electron chi connectivity index (χ2n) is 5.10. The van der Waals surface area contributed by atoms with Crippen molar-refractivity contribution in [1.82, 2.24) is 10.6 Å². The van der Waals surface area contributed by atoms with Crippen LogP contribution in [0, 0.1) is 5.82 Å². The van der Waals surface area contributed by atoms with Gasteiger partial charge in [0.1, 0.15) is 5.82 Å². The maximum Gasteiger partial charge on any atom is 0.191 e. The highest BCUT2D eigenvalue weighted by Gasteiger charge is 2.15. The van der Waals surface area contributed by atoms with Gasteiger partial charge in [-0.1, -0.05) is 12.1 Å². The predicted octanol–water partition coefficient (Wildman–Crippen LogP) is 3.84. The fourth-order valence-corrected chi connectivity index (χ4v) is 2.50. The summed E-state index contributed by atoms with van der Waals surface area (Å²) in [5, 5.41) is 6.55. The number of thioether (sulfide) groups is 2. The van der Waals surface area contributed by atoms with Gasteiger partial charge in [-0.3, -0.25) is 4.99 Å². The number of guanidine groups is 1. The molecule has 3 nitrogen and oxygen atoms in total. The summed E-state index contributed by atoms with van der Waals surface area (Å²) < 4.78 is 13.6. The summed E-state index contributed by atoms with van der Waals surface area (Å²) in [7, 11) is 1.76. The van der Waals surface area contributed by atoms with Crippen molar-refractivity contribution < 1.29 is 4.39 Å². The molecule has 0 aliphatic carbocycles. The van der Waals surface area contributed by atoms with Crippen LogP contribution in [0.2, 0.25) is 0 Å². The van der Waals surface area contributed by atoms with E-state index in [0.29, 0.717) is 4.90 Å². The molecule has 22 heavy (non-hydrogen) atoms. The summed E-state index contributed by atoms with van der Waals surface area (Å²) >= 11 is 3.32. The van der Waals surface area contributed by atoms with Crippen LogP contribution >= 0.6 is 47.5 Å². The third-order valence-electron chi connectivity index (χ3n) is 2.95. The maximum atomic E-state index is 13.5.